The van der Waals surface area contributed by atoms with Crippen LogP contribution in [0, 0.1) is 5.92 Å². The fourth-order valence-corrected chi connectivity index (χ4v) is 2.98. The smallest absolute Gasteiger partial charge is 0.313 e. The van der Waals surface area contributed by atoms with Gasteiger partial charge in [0.2, 0.25) is 0 Å². The SMILES string of the molecule is COc1cccc(NC(=O)[C@H](C)OC(=O)[C@H]2COc3ccc(Cl)cc3C2)c1. The number of esters is 1. The molecule has 142 valence electrons. The van der Waals surface area contributed by atoms with Crippen molar-refractivity contribution in [3.63, 3.8) is 0 Å². The Morgan fingerprint density at radius 1 is 1.26 bits per heavy atom. The maximum Gasteiger partial charge on any atom is 0.313 e. The first-order chi connectivity index (χ1) is 13.0. The van der Waals surface area contributed by atoms with Crippen LogP contribution in [0.3, 0.4) is 0 Å². The van der Waals surface area contributed by atoms with E-state index in [0.717, 1.165) is 5.56 Å². The second kappa shape index (κ2) is 8.31. The monoisotopic (exact) mass is 389 g/mol. The van der Waals surface area contributed by atoms with Gasteiger partial charge in [0, 0.05) is 16.8 Å². The zero-order valence-corrected chi connectivity index (χ0v) is 15.8. The van der Waals surface area contributed by atoms with Crippen molar-refractivity contribution in [2.75, 3.05) is 19.0 Å². The highest BCUT2D eigenvalue weighted by atomic mass is 35.5. The van der Waals surface area contributed by atoms with Crippen LogP contribution in [-0.2, 0) is 20.7 Å². The third kappa shape index (κ3) is 4.71. The van der Waals surface area contributed by atoms with Crippen molar-refractivity contribution in [3.05, 3.63) is 53.1 Å². The van der Waals surface area contributed by atoms with Crippen molar-refractivity contribution in [1.29, 1.82) is 0 Å². The van der Waals surface area contributed by atoms with Crippen LogP contribution in [0.15, 0.2) is 42.5 Å². The van der Waals surface area contributed by atoms with Gasteiger partial charge in [-0.3, -0.25) is 9.59 Å². The van der Waals surface area contributed by atoms with E-state index in [2.05, 4.69) is 5.32 Å². The quantitative estimate of drug-likeness (QED) is 0.792. The Kier molecular flexibility index (Phi) is 5.86. The molecule has 3 rings (SSSR count). The number of nitrogens with one attached hydrogen (secondary N) is 1. The second-order valence-electron chi connectivity index (χ2n) is 6.26. The molecule has 2 atom stereocenters. The predicted molar refractivity (Wildman–Crippen MR) is 101 cm³/mol. The fourth-order valence-electron chi connectivity index (χ4n) is 2.78. The first-order valence-corrected chi connectivity index (χ1v) is 8.90. The Balaban J connectivity index is 1.57. The number of benzene rings is 2. The van der Waals surface area contributed by atoms with Crippen LogP contribution < -0.4 is 14.8 Å². The molecule has 0 aliphatic carbocycles. The number of carbonyl (C=O) groups excluding carboxylic acids is 2. The van der Waals surface area contributed by atoms with E-state index >= 15 is 0 Å². The maximum atomic E-state index is 12.4. The number of rotatable bonds is 5. The van der Waals surface area contributed by atoms with Gasteiger partial charge in [-0.05, 0) is 49.2 Å². The summed E-state index contributed by atoms with van der Waals surface area (Å²) in [6.07, 6.45) is -0.483. The minimum atomic E-state index is -0.940. The third-order valence-electron chi connectivity index (χ3n) is 4.26. The molecule has 0 unspecified atom stereocenters. The molecule has 0 fully saturated rings. The summed E-state index contributed by atoms with van der Waals surface area (Å²) in [6.45, 7) is 1.74. The van der Waals surface area contributed by atoms with Gasteiger partial charge in [-0.15, -0.1) is 0 Å². The summed E-state index contributed by atoms with van der Waals surface area (Å²) in [5.74, 6) is -0.0462. The van der Waals surface area contributed by atoms with Crippen molar-refractivity contribution < 1.29 is 23.8 Å². The summed E-state index contributed by atoms with van der Waals surface area (Å²) in [5.41, 5.74) is 1.41. The van der Waals surface area contributed by atoms with Crippen molar-refractivity contribution in [2.45, 2.75) is 19.4 Å². The molecule has 0 saturated heterocycles. The number of ether oxygens (including phenoxy) is 3. The number of hydrogen-bond donors (Lipinski definition) is 1. The molecule has 1 amide bonds. The van der Waals surface area contributed by atoms with Crippen LogP contribution in [0.4, 0.5) is 5.69 Å². The number of halogens is 1. The van der Waals surface area contributed by atoms with Gasteiger partial charge >= 0.3 is 5.97 Å². The summed E-state index contributed by atoms with van der Waals surface area (Å²) < 4.78 is 16.0. The zero-order valence-electron chi connectivity index (χ0n) is 15.0. The van der Waals surface area contributed by atoms with E-state index in [9.17, 15) is 9.59 Å². The van der Waals surface area contributed by atoms with Gasteiger partial charge in [0.15, 0.2) is 6.10 Å². The minimum Gasteiger partial charge on any atom is -0.497 e. The van der Waals surface area contributed by atoms with Crippen LogP contribution in [0.2, 0.25) is 5.02 Å². The Bertz CT molecular complexity index is 854. The average Bonchev–Trinajstić information content (AvgIpc) is 2.67. The maximum absolute atomic E-state index is 12.4. The van der Waals surface area contributed by atoms with Gasteiger partial charge in [0.25, 0.3) is 5.91 Å². The summed E-state index contributed by atoms with van der Waals surface area (Å²) in [7, 11) is 1.54. The molecule has 2 aromatic rings. The van der Waals surface area contributed by atoms with Gasteiger partial charge in [0.05, 0.1) is 13.0 Å². The second-order valence-corrected chi connectivity index (χ2v) is 6.70. The van der Waals surface area contributed by atoms with E-state index in [1.165, 1.54) is 6.92 Å². The first kappa shape index (κ1) is 19.0. The molecule has 2 aromatic carbocycles. The van der Waals surface area contributed by atoms with Crippen LogP contribution in [0.25, 0.3) is 0 Å². The number of anilines is 1. The molecule has 1 aliphatic rings. The first-order valence-electron chi connectivity index (χ1n) is 8.53. The molecular formula is C20H20ClNO5. The van der Waals surface area contributed by atoms with Crippen LogP contribution in [-0.4, -0.2) is 31.7 Å². The molecule has 7 heteroatoms. The molecule has 1 aliphatic heterocycles. The van der Waals surface area contributed by atoms with Gasteiger partial charge in [0.1, 0.15) is 18.1 Å². The molecule has 1 heterocycles. The molecule has 0 spiro atoms. The summed E-state index contributed by atoms with van der Waals surface area (Å²) in [5, 5.41) is 3.28. The number of carbonyl (C=O) groups is 2. The molecular weight excluding hydrogens is 370 g/mol. The molecule has 0 saturated carbocycles. The minimum absolute atomic E-state index is 0.206. The summed E-state index contributed by atoms with van der Waals surface area (Å²) >= 11 is 5.99. The Morgan fingerprint density at radius 3 is 2.85 bits per heavy atom. The number of amides is 1. The highest BCUT2D eigenvalue weighted by Crippen LogP contribution is 2.30. The third-order valence-corrected chi connectivity index (χ3v) is 4.50. The Hall–Kier alpha value is -2.73. The van der Waals surface area contributed by atoms with Gasteiger partial charge < -0.3 is 19.5 Å². The molecule has 0 aromatic heterocycles. The van der Waals surface area contributed by atoms with Crippen molar-refractivity contribution in [2.24, 2.45) is 5.92 Å². The topological polar surface area (TPSA) is 73.9 Å². The van der Waals surface area contributed by atoms with E-state index in [1.807, 2.05) is 0 Å². The number of fused-ring (bicyclic) bond motifs is 1. The lowest BCUT2D eigenvalue weighted by molar-refractivity contribution is -0.158. The van der Waals surface area contributed by atoms with Crippen molar-refractivity contribution in [3.8, 4) is 11.5 Å². The van der Waals surface area contributed by atoms with Gasteiger partial charge in [-0.1, -0.05) is 17.7 Å². The van der Waals surface area contributed by atoms with Crippen LogP contribution >= 0.6 is 11.6 Å². The Labute approximate surface area is 162 Å². The van der Waals surface area contributed by atoms with E-state index in [4.69, 9.17) is 25.8 Å². The summed E-state index contributed by atoms with van der Waals surface area (Å²) in [6, 6.07) is 12.2. The zero-order chi connectivity index (χ0) is 19.4. The van der Waals surface area contributed by atoms with E-state index in [-0.39, 0.29) is 6.61 Å². The predicted octanol–water partition coefficient (Wildman–Crippen LogP) is 3.47. The molecule has 0 bridgehead atoms. The standard InChI is InChI=1S/C20H20ClNO5/c1-12(19(23)22-16-4-3-5-17(10-16)25-2)27-20(24)14-8-13-9-15(21)6-7-18(13)26-11-14/h3-7,9-10,12,14H,8,11H2,1-2H3,(H,22,23)/t12-,14+/m0/s1. The summed E-state index contributed by atoms with van der Waals surface area (Å²) in [4.78, 5) is 24.7. The lowest BCUT2D eigenvalue weighted by Gasteiger charge is -2.25. The molecule has 27 heavy (non-hydrogen) atoms. The molecule has 6 nitrogen and oxygen atoms in total. The van der Waals surface area contributed by atoms with Gasteiger partial charge in [-0.25, -0.2) is 0 Å². The highest BCUT2D eigenvalue weighted by Gasteiger charge is 2.30. The Morgan fingerprint density at radius 2 is 2.07 bits per heavy atom. The van der Waals surface area contributed by atoms with E-state index in [0.29, 0.717) is 28.6 Å². The number of methoxy groups -OCH3 is 1. The normalized spacial score (nSPS) is 16.5. The largest absolute Gasteiger partial charge is 0.497 e. The van der Waals surface area contributed by atoms with Gasteiger partial charge in [-0.2, -0.15) is 0 Å². The van der Waals surface area contributed by atoms with E-state index < -0.39 is 23.9 Å². The van der Waals surface area contributed by atoms with E-state index in [1.54, 1.807) is 49.6 Å². The lowest BCUT2D eigenvalue weighted by Crippen LogP contribution is -2.36. The van der Waals surface area contributed by atoms with Crippen LogP contribution in [0.5, 0.6) is 11.5 Å². The van der Waals surface area contributed by atoms with Crippen molar-refractivity contribution >= 4 is 29.2 Å². The average molecular weight is 390 g/mol. The molecule has 0 radical (unpaired) electrons. The molecule has 1 N–H and O–H groups in total. The van der Waals surface area contributed by atoms with Crippen LogP contribution in [0.1, 0.15) is 12.5 Å². The van der Waals surface area contributed by atoms with Crippen molar-refractivity contribution in [1.82, 2.24) is 0 Å². The highest BCUT2D eigenvalue weighted by molar-refractivity contribution is 6.30. The number of hydrogen-bond acceptors (Lipinski definition) is 5. The lowest BCUT2D eigenvalue weighted by atomic mass is 9.97. The fraction of sp³-hybridized carbons (Fsp3) is 0.300.